The maximum atomic E-state index is 11.6. The van der Waals surface area contributed by atoms with Gasteiger partial charge in [0, 0.05) is 24.5 Å². The number of aromatic nitrogens is 1. The van der Waals surface area contributed by atoms with E-state index in [0.717, 1.165) is 31.9 Å². The fourth-order valence-corrected chi connectivity index (χ4v) is 3.12. The summed E-state index contributed by atoms with van der Waals surface area (Å²) >= 11 is 1.36. The second-order valence-electron chi connectivity index (χ2n) is 4.99. The Morgan fingerprint density at radius 1 is 1.60 bits per heavy atom. The summed E-state index contributed by atoms with van der Waals surface area (Å²) in [6.45, 7) is 8.32. The number of hydrogen-bond acceptors (Lipinski definition) is 6. The summed E-state index contributed by atoms with van der Waals surface area (Å²) in [5, 5.41) is 5.92. The van der Waals surface area contributed by atoms with Gasteiger partial charge in [-0.2, -0.15) is 0 Å². The number of nitrogens with zero attached hydrogens (tertiary/aromatic N) is 2. The molecular formula is C14H23N3O2S. The molecule has 2 rings (SSSR count). The van der Waals surface area contributed by atoms with Crippen molar-refractivity contribution in [1.82, 2.24) is 15.2 Å². The van der Waals surface area contributed by atoms with Gasteiger partial charge in [0.2, 0.25) is 5.01 Å². The minimum Gasteiger partial charge on any atom is -0.461 e. The van der Waals surface area contributed by atoms with Crippen LogP contribution in [0.3, 0.4) is 0 Å². The Morgan fingerprint density at radius 3 is 3.10 bits per heavy atom. The van der Waals surface area contributed by atoms with Gasteiger partial charge in [0.05, 0.1) is 12.3 Å². The summed E-state index contributed by atoms with van der Waals surface area (Å²) in [6.07, 6.45) is 2.52. The highest BCUT2D eigenvalue weighted by Crippen LogP contribution is 2.14. The van der Waals surface area contributed by atoms with Gasteiger partial charge in [0.15, 0.2) is 0 Å². The van der Waals surface area contributed by atoms with Gasteiger partial charge in [-0.05, 0) is 32.9 Å². The lowest BCUT2D eigenvalue weighted by molar-refractivity contribution is 0.0525. The summed E-state index contributed by atoms with van der Waals surface area (Å²) in [4.78, 5) is 18.3. The maximum Gasteiger partial charge on any atom is 0.367 e. The molecule has 112 valence electrons. The second kappa shape index (κ2) is 7.71. The Morgan fingerprint density at radius 2 is 2.45 bits per heavy atom. The van der Waals surface area contributed by atoms with Crippen molar-refractivity contribution in [3.8, 4) is 0 Å². The summed E-state index contributed by atoms with van der Waals surface area (Å²) in [5.41, 5.74) is 0.956. The van der Waals surface area contributed by atoms with Crippen LogP contribution < -0.4 is 5.32 Å². The predicted molar refractivity (Wildman–Crippen MR) is 80.0 cm³/mol. The lowest BCUT2D eigenvalue weighted by Crippen LogP contribution is -2.37. The molecule has 0 saturated carbocycles. The van der Waals surface area contributed by atoms with Gasteiger partial charge >= 0.3 is 5.97 Å². The lowest BCUT2D eigenvalue weighted by atomic mass is 10.2. The van der Waals surface area contributed by atoms with Crippen LogP contribution in [0.4, 0.5) is 0 Å². The Hall–Kier alpha value is -0.980. The van der Waals surface area contributed by atoms with Gasteiger partial charge in [0.1, 0.15) is 0 Å². The van der Waals surface area contributed by atoms with E-state index < -0.39 is 0 Å². The molecule has 1 aromatic heterocycles. The normalized spacial score (nSPS) is 18.6. The minimum atomic E-state index is -0.316. The molecule has 1 fully saturated rings. The second-order valence-corrected chi connectivity index (χ2v) is 5.84. The van der Waals surface area contributed by atoms with Crippen LogP contribution in [0.1, 0.15) is 42.2 Å². The number of hydrogen-bond donors (Lipinski definition) is 1. The van der Waals surface area contributed by atoms with Crippen LogP contribution in [0.15, 0.2) is 5.38 Å². The van der Waals surface area contributed by atoms with Crippen molar-refractivity contribution in [2.24, 2.45) is 0 Å². The Balaban J connectivity index is 1.88. The van der Waals surface area contributed by atoms with Crippen LogP contribution in [0.25, 0.3) is 0 Å². The Labute approximate surface area is 124 Å². The molecule has 0 spiro atoms. The molecule has 20 heavy (non-hydrogen) atoms. The molecule has 0 radical (unpaired) electrons. The van der Waals surface area contributed by atoms with Gasteiger partial charge in [-0.3, -0.25) is 4.90 Å². The van der Waals surface area contributed by atoms with Gasteiger partial charge in [0.25, 0.3) is 0 Å². The minimum absolute atomic E-state index is 0.316. The molecule has 5 nitrogen and oxygen atoms in total. The highest BCUT2D eigenvalue weighted by atomic mass is 32.1. The summed E-state index contributed by atoms with van der Waals surface area (Å²) < 4.78 is 4.97. The average Bonchev–Trinajstić information content (AvgIpc) is 3.09. The largest absolute Gasteiger partial charge is 0.461 e. The van der Waals surface area contributed by atoms with E-state index in [1.807, 2.05) is 5.38 Å². The molecule has 1 saturated heterocycles. The highest BCUT2D eigenvalue weighted by Gasteiger charge is 2.18. The third kappa shape index (κ3) is 4.26. The number of rotatable bonds is 7. The molecule has 2 heterocycles. The van der Waals surface area contributed by atoms with E-state index in [2.05, 4.69) is 22.1 Å². The third-order valence-corrected chi connectivity index (χ3v) is 4.35. The average molecular weight is 297 g/mol. The van der Waals surface area contributed by atoms with Crippen LogP contribution in [-0.2, 0) is 11.3 Å². The number of carbonyl (C=O) groups excluding carboxylic acids is 1. The Bertz CT molecular complexity index is 430. The first-order chi connectivity index (χ1) is 9.72. The van der Waals surface area contributed by atoms with Crippen LogP contribution in [0, 0.1) is 0 Å². The SMILES string of the molecule is CCOC(=O)c1nc(CN(CC)CC2CCCN2)cs1. The van der Waals surface area contributed by atoms with E-state index in [9.17, 15) is 4.79 Å². The highest BCUT2D eigenvalue weighted by molar-refractivity contribution is 7.11. The van der Waals surface area contributed by atoms with Crippen LogP contribution >= 0.6 is 11.3 Å². The first-order valence-corrected chi connectivity index (χ1v) is 8.18. The molecule has 1 N–H and O–H groups in total. The fraction of sp³-hybridized carbons (Fsp3) is 0.714. The molecule has 1 aromatic rings. The summed E-state index contributed by atoms with van der Waals surface area (Å²) in [6, 6.07) is 0.595. The van der Waals surface area contributed by atoms with Gasteiger partial charge in [-0.25, -0.2) is 9.78 Å². The lowest BCUT2D eigenvalue weighted by Gasteiger charge is -2.23. The quantitative estimate of drug-likeness (QED) is 0.779. The van der Waals surface area contributed by atoms with Crippen molar-refractivity contribution in [2.45, 2.75) is 39.3 Å². The number of ether oxygens (including phenoxy) is 1. The predicted octanol–water partition coefficient (Wildman–Crippen LogP) is 1.89. The number of likely N-dealkylation sites (N-methyl/N-ethyl adjacent to an activating group) is 1. The molecule has 1 atom stereocenters. The molecule has 1 unspecified atom stereocenters. The number of esters is 1. The van der Waals surface area contributed by atoms with Crippen molar-refractivity contribution in [3.05, 3.63) is 16.1 Å². The van der Waals surface area contributed by atoms with Gasteiger partial charge in [-0.15, -0.1) is 11.3 Å². The molecule has 1 aliphatic rings. The van der Waals surface area contributed by atoms with Crippen molar-refractivity contribution >= 4 is 17.3 Å². The molecule has 0 bridgehead atoms. The maximum absolute atomic E-state index is 11.6. The van der Waals surface area contributed by atoms with Gasteiger partial charge in [-0.1, -0.05) is 6.92 Å². The fourth-order valence-electron chi connectivity index (χ4n) is 2.42. The van der Waals surface area contributed by atoms with Crippen molar-refractivity contribution in [3.63, 3.8) is 0 Å². The molecule has 6 heteroatoms. The van der Waals surface area contributed by atoms with E-state index in [1.54, 1.807) is 6.92 Å². The zero-order chi connectivity index (χ0) is 14.4. The number of nitrogens with one attached hydrogen (secondary N) is 1. The van der Waals surface area contributed by atoms with Crippen molar-refractivity contribution in [1.29, 1.82) is 0 Å². The first kappa shape index (κ1) is 15.4. The summed E-state index contributed by atoms with van der Waals surface area (Å²) in [7, 11) is 0. The van der Waals surface area contributed by atoms with E-state index in [1.165, 1.54) is 24.2 Å². The van der Waals surface area contributed by atoms with E-state index in [0.29, 0.717) is 17.7 Å². The molecule has 0 amide bonds. The Kier molecular flexibility index (Phi) is 5.94. The molecule has 1 aliphatic heterocycles. The molecule has 0 aliphatic carbocycles. The summed E-state index contributed by atoms with van der Waals surface area (Å²) in [5.74, 6) is -0.316. The molecule has 0 aromatic carbocycles. The standard InChI is InChI=1S/C14H23N3O2S/c1-3-17(8-11-6-5-7-15-11)9-12-10-20-13(16-12)14(18)19-4-2/h10-11,15H,3-9H2,1-2H3. The third-order valence-electron chi connectivity index (χ3n) is 3.48. The molecular weight excluding hydrogens is 274 g/mol. The zero-order valence-corrected chi connectivity index (χ0v) is 13.0. The van der Waals surface area contributed by atoms with Crippen LogP contribution in [0.5, 0.6) is 0 Å². The number of thiazole rings is 1. The van der Waals surface area contributed by atoms with Crippen molar-refractivity contribution in [2.75, 3.05) is 26.2 Å². The van der Waals surface area contributed by atoms with Crippen molar-refractivity contribution < 1.29 is 9.53 Å². The first-order valence-electron chi connectivity index (χ1n) is 7.30. The smallest absolute Gasteiger partial charge is 0.367 e. The van der Waals surface area contributed by atoms with E-state index in [-0.39, 0.29) is 5.97 Å². The van der Waals surface area contributed by atoms with Crippen LogP contribution in [0.2, 0.25) is 0 Å². The monoisotopic (exact) mass is 297 g/mol. The zero-order valence-electron chi connectivity index (χ0n) is 12.2. The van der Waals surface area contributed by atoms with Crippen LogP contribution in [-0.4, -0.2) is 48.1 Å². The van der Waals surface area contributed by atoms with E-state index >= 15 is 0 Å². The van der Waals surface area contributed by atoms with Gasteiger partial charge < -0.3 is 10.1 Å². The van der Waals surface area contributed by atoms with E-state index in [4.69, 9.17) is 4.74 Å². The topological polar surface area (TPSA) is 54.5 Å². The number of carbonyl (C=O) groups is 1.